The summed E-state index contributed by atoms with van der Waals surface area (Å²) in [6.45, 7) is 10.5. The smallest absolute Gasteiger partial charge is 0.410 e. The standard InChI is InChI=1S/C22H32FN3O4/c1-15-13-16(23)5-6-18(15)19-14-17(7-8-26(19)20(27)28)24-9-11-25(12-10-24)21(29)30-22(2,3)4/h5-6,13,17,19H,7-12,14H2,1-4H3,(H,27,28)/t17-,19+/m0/s1. The molecule has 0 unspecified atom stereocenters. The highest BCUT2D eigenvalue weighted by Crippen LogP contribution is 2.35. The molecule has 3 rings (SSSR count). The van der Waals surface area contributed by atoms with Gasteiger partial charge in [-0.2, -0.15) is 0 Å². The summed E-state index contributed by atoms with van der Waals surface area (Å²) in [5, 5.41) is 9.68. The van der Waals surface area contributed by atoms with Gasteiger partial charge in [0.15, 0.2) is 0 Å². The molecule has 30 heavy (non-hydrogen) atoms. The van der Waals surface area contributed by atoms with Crippen LogP contribution in [-0.2, 0) is 4.74 Å². The lowest BCUT2D eigenvalue weighted by Crippen LogP contribution is -2.55. The fourth-order valence-corrected chi connectivity index (χ4v) is 4.41. The number of benzene rings is 1. The first-order valence-electron chi connectivity index (χ1n) is 10.5. The Morgan fingerprint density at radius 3 is 2.37 bits per heavy atom. The van der Waals surface area contributed by atoms with Gasteiger partial charge in [-0.15, -0.1) is 0 Å². The van der Waals surface area contributed by atoms with E-state index < -0.39 is 11.7 Å². The number of hydrogen-bond acceptors (Lipinski definition) is 4. The molecule has 0 aromatic heterocycles. The SMILES string of the molecule is Cc1cc(F)ccc1[C@H]1C[C@@H](N2CCN(C(=O)OC(C)(C)C)CC2)CCN1C(=O)O. The van der Waals surface area contributed by atoms with Crippen LogP contribution in [0.25, 0.3) is 0 Å². The molecular weight excluding hydrogens is 389 g/mol. The van der Waals surface area contributed by atoms with Crippen LogP contribution in [0.5, 0.6) is 0 Å². The van der Waals surface area contributed by atoms with Crippen LogP contribution >= 0.6 is 0 Å². The number of ether oxygens (including phenoxy) is 1. The van der Waals surface area contributed by atoms with Crippen molar-refractivity contribution in [3.63, 3.8) is 0 Å². The van der Waals surface area contributed by atoms with Crippen LogP contribution in [0.1, 0.15) is 50.8 Å². The maximum atomic E-state index is 13.6. The Balaban J connectivity index is 1.67. The van der Waals surface area contributed by atoms with Gasteiger partial charge in [0.2, 0.25) is 0 Å². The lowest BCUT2D eigenvalue weighted by atomic mass is 9.88. The van der Waals surface area contributed by atoms with E-state index in [4.69, 9.17) is 4.74 Å². The maximum Gasteiger partial charge on any atom is 0.410 e. The van der Waals surface area contributed by atoms with Crippen molar-refractivity contribution in [2.45, 2.75) is 58.2 Å². The third kappa shape index (κ3) is 5.22. The van der Waals surface area contributed by atoms with Gasteiger partial charge in [0.05, 0.1) is 6.04 Å². The number of piperazine rings is 1. The zero-order chi connectivity index (χ0) is 22.1. The molecule has 0 saturated carbocycles. The Bertz CT molecular complexity index is 787. The van der Waals surface area contributed by atoms with Crippen LogP contribution in [0.4, 0.5) is 14.0 Å². The topological polar surface area (TPSA) is 73.3 Å². The molecule has 2 aliphatic heterocycles. The van der Waals surface area contributed by atoms with Gasteiger partial charge in [-0.25, -0.2) is 14.0 Å². The fraction of sp³-hybridized carbons (Fsp3) is 0.636. The molecule has 1 N–H and O–H groups in total. The minimum Gasteiger partial charge on any atom is -0.465 e. The van der Waals surface area contributed by atoms with Crippen LogP contribution in [0.2, 0.25) is 0 Å². The van der Waals surface area contributed by atoms with Crippen LogP contribution in [0.3, 0.4) is 0 Å². The van der Waals surface area contributed by atoms with Crippen LogP contribution in [0, 0.1) is 12.7 Å². The Hall–Kier alpha value is -2.35. The lowest BCUT2D eigenvalue weighted by Gasteiger charge is -2.45. The van der Waals surface area contributed by atoms with E-state index in [2.05, 4.69) is 4.90 Å². The van der Waals surface area contributed by atoms with Gasteiger partial charge in [0.25, 0.3) is 0 Å². The molecule has 2 atom stereocenters. The van der Waals surface area contributed by atoms with Crippen molar-refractivity contribution >= 4 is 12.2 Å². The van der Waals surface area contributed by atoms with Crippen molar-refractivity contribution in [3.05, 3.63) is 35.1 Å². The molecule has 2 saturated heterocycles. The highest BCUT2D eigenvalue weighted by Gasteiger charge is 2.37. The molecule has 0 spiro atoms. The van der Waals surface area contributed by atoms with Crippen molar-refractivity contribution in [1.82, 2.24) is 14.7 Å². The van der Waals surface area contributed by atoms with E-state index in [1.807, 2.05) is 27.7 Å². The van der Waals surface area contributed by atoms with Crippen molar-refractivity contribution < 1.29 is 23.8 Å². The zero-order valence-electron chi connectivity index (χ0n) is 18.2. The van der Waals surface area contributed by atoms with Gasteiger partial charge in [0, 0.05) is 38.8 Å². The number of amides is 2. The van der Waals surface area contributed by atoms with Crippen molar-refractivity contribution in [2.24, 2.45) is 0 Å². The molecule has 0 aliphatic carbocycles. The number of rotatable bonds is 2. The number of carbonyl (C=O) groups excluding carboxylic acids is 1. The predicted molar refractivity (Wildman–Crippen MR) is 111 cm³/mol. The minimum atomic E-state index is -0.947. The first kappa shape index (κ1) is 22.3. The number of carboxylic acid groups (broad SMARTS) is 1. The average Bonchev–Trinajstić information content (AvgIpc) is 2.66. The third-order valence-corrected chi connectivity index (χ3v) is 5.89. The number of carbonyl (C=O) groups is 2. The Morgan fingerprint density at radius 2 is 1.80 bits per heavy atom. The first-order chi connectivity index (χ1) is 14.0. The van der Waals surface area contributed by atoms with E-state index in [1.165, 1.54) is 17.0 Å². The average molecular weight is 422 g/mol. The second kappa shape index (κ2) is 8.79. The van der Waals surface area contributed by atoms with Crippen molar-refractivity contribution in [1.29, 1.82) is 0 Å². The highest BCUT2D eigenvalue weighted by atomic mass is 19.1. The summed E-state index contributed by atoms with van der Waals surface area (Å²) in [5.41, 5.74) is 1.11. The van der Waals surface area contributed by atoms with Crippen LogP contribution in [-0.4, -0.2) is 76.4 Å². The molecule has 7 nitrogen and oxygen atoms in total. The second-order valence-electron chi connectivity index (χ2n) is 9.17. The molecule has 1 aromatic rings. The molecule has 2 amide bonds. The molecule has 2 heterocycles. The van der Waals surface area contributed by atoms with E-state index in [1.54, 1.807) is 11.0 Å². The molecule has 0 radical (unpaired) electrons. The molecular formula is C22H32FN3O4. The normalized spacial score (nSPS) is 23.4. The minimum absolute atomic E-state index is 0.218. The van der Waals surface area contributed by atoms with Gasteiger partial charge in [-0.05, 0) is 63.8 Å². The molecule has 0 bridgehead atoms. The van der Waals surface area contributed by atoms with Gasteiger partial charge in [-0.1, -0.05) is 6.07 Å². The Kier molecular flexibility index (Phi) is 6.55. The quantitative estimate of drug-likeness (QED) is 0.785. The van der Waals surface area contributed by atoms with E-state index in [-0.39, 0.29) is 24.0 Å². The predicted octanol–water partition coefficient (Wildman–Crippen LogP) is 3.87. The van der Waals surface area contributed by atoms with Crippen molar-refractivity contribution in [3.8, 4) is 0 Å². The summed E-state index contributed by atoms with van der Waals surface area (Å²) >= 11 is 0. The second-order valence-corrected chi connectivity index (χ2v) is 9.17. The molecule has 1 aromatic carbocycles. The van der Waals surface area contributed by atoms with Gasteiger partial charge < -0.3 is 19.6 Å². The third-order valence-electron chi connectivity index (χ3n) is 5.89. The molecule has 2 aliphatic rings. The van der Waals surface area contributed by atoms with Crippen LogP contribution < -0.4 is 0 Å². The summed E-state index contributed by atoms with van der Waals surface area (Å²) in [4.78, 5) is 29.6. The lowest BCUT2D eigenvalue weighted by molar-refractivity contribution is 0.00163. The maximum absolute atomic E-state index is 13.6. The summed E-state index contributed by atoms with van der Waals surface area (Å²) in [6.07, 6.45) is 0.167. The summed E-state index contributed by atoms with van der Waals surface area (Å²) in [7, 11) is 0. The number of halogens is 1. The number of nitrogens with zero attached hydrogens (tertiary/aromatic N) is 3. The van der Waals surface area contributed by atoms with E-state index >= 15 is 0 Å². The largest absolute Gasteiger partial charge is 0.465 e. The Morgan fingerprint density at radius 1 is 1.13 bits per heavy atom. The van der Waals surface area contributed by atoms with Crippen LogP contribution in [0.15, 0.2) is 18.2 Å². The number of likely N-dealkylation sites (tertiary alicyclic amines) is 1. The van der Waals surface area contributed by atoms with Gasteiger partial charge >= 0.3 is 12.2 Å². The van der Waals surface area contributed by atoms with E-state index in [0.717, 1.165) is 30.6 Å². The Labute approximate surface area is 177 Å². The van der Waals surface area contributed by atoms with Crippen molar-refractivity contribution in [2.75, 3.05) is 32.7 Å². The summed E-state index contributed by atoms with van der Waals surface area (Å²) in [6, 6.07) is 4.47. The summed E-state index contributed by atoms with van der Waals surface area (Å²) < 4.78 is 19.0. The monoisotopic (exact) mass is 421 g/mol. The van der Waals surface area contributed by atoms with E-state index in [0.29, 0.717) is 26.1 Å². The number of aryl methyl sites for hydroxylation is 1. The summed E-state index contributed by atoms with van der Waals surface area (Å²) in [5.74, 6) is -0.316. The highest BCUT2D eigenvalue weighted by molar-refractivity contribution is 5.68. The van der Waals surface area contributed by atoms with Gasteiger partial charge in [-0.3, -0.25) is 4.90 Å². The zero-order valence-corrected chi connectivity index (χ0v) is 18.2. The fourth-order valence-electron chi connectivity index (χ4n) is 4.41. The molecule has 2 fully saturated rings. The van der Waals surface area contributed by atoms with Gasteiger partial charge in [0.1, 0.15) is 11.4 Å². The number of hydrogen-bond donors (Lipinski definition) is 1. The molecule has 166 valence electrons. The number of piperidine rings is 1. The molecule has 8 heteroatoms. The first-order valence-corrected chi connectivity index (χ1v) is 10.5. The van der Waals surface area contributed by atoms with E-state index in [9.17, 15) is 19.1 Å².